The van der Waals surface area contributed by atoms with Crippen LogP contribution >= 0.6 is 0 Å². The highest BCUT2D eigenvalue weighted by molar-refractivity contribution is 7.92. The third kappa shape index (κ3) is 4.47. The summed E-state index contributed by atoms with van der Waals surface area (Å²) in [4.78, 5) is 12.2. The van der Waals surface area contributed by atoms with Gasteiger partial charge in [-0.3, -0.25) is 9.52 Å². The third-order valence-corrected chi connectivity index (χ3v) is 5.24. The van der Waals surface area contributed by atoms with Gasteiger partial charge in [-0.25, -0.2) is 12.8 Å². The van der Waals surface area contributed by atoms with E-state index in [1.54, 1.807) is 24.3 Å². The molecule has 0 saturated carbocycles. The minimum absolute atomic E-state index is 0.0466. The summed E-state index contributed by atoms with van der Waals surface area (Å²) in [7, 11) is -2.37. The number of sulfonamides is 1. The van der Waals surface area contributed by atoms with E-state index in [1.165, 1.54) is 55.6 Å². The maximum Gasteiger partial charge on any atom is 0.261 e. The molecule has 3 aromatic carbocycles. The lowest BCUT2D eigenvalue weighted by Gasteiger charge is -2.11. The summed E-state index contributed by atoms with van der Waals surface area (Å²) < 4.78 is 46.4. The molecule has 144 valence electrons. The second kappa shape index (κ2) is 8.10. The van der Waals surface area contributed by atoms with Crippen LogP contribution in [0.15, 0.2) is 77.7 Å². The fourth-order valence-corrected chi connectivity index (χ4v) is 3.56. The average molecular weight is 400 g/mol. The number of ether oxygens (including phenoxy) is 1. The molecule has 0 fully saturated rings. The number of anilines is 2. The van der Waals surface area contributed by atoms with Crippen molar-refractivity contribution in [3.05, 3.63) is 84.2 Å². The van der Waals surface area contributed by atoms with Crippen LogP contribution in [0.5, 0.6) is 5.75 Å². The summed E-state index contributed by atoms with van der Waals surface area (Å²) in [5.41, 5.74) is 0.458. The SMILES string of the molecule is COc1ccc(NS(=O)(=O)c2cccc(NC(=O)c3ccccc3F)c2)cc1. The third-order valence-electron chi connectivity index (χ3n) is 3.86. The zero-order chi connectivity index (χ0) is 20.1. The van der Waals surface area contributed by atoms with Gasteiger partial charge in [-0.05, 0) is 54.6 Å². The van der Waals surface area contributed by atoms with Gasteiger partial charge in [-0.2, -0.15) is 0 Å². The Labute approximate surface area is 162 Å². The van der Waals surface area contributed by atoms with Crippen LogP contribution in [0.2, 0.25) is 0 Å². The minimum atomic E-state index is -3.88. The van der Waals surface area contributed by atoms with E-state index in [9.17, 15) is 17.6 Å². The summed E-state index contributed by atoms with van der Waals surface area (Å²) in [6.45, 7) is 0. The Balaban J connectivity index is 1.79. The number of carbonyl (C=O) groups excluding carboxylic acids is 1. The first kappa shape index (κ1) is 19.4. The predicted molar refractivity (Wildman–Crippen MR) is 105 cm³/mol. The number of hydrogen-bond donors (Lipinski definition) is 2. The van der Waals surface area contributed by atoms with Gasteiger partial charge in [0.1, 0.15) is 11.6 Å². The molecule has 2 N–H and O–H groups in total. The van der Waals surface area contributed by atoms with Crippen molar-refractivity contribution in [2.45, 2.75) is 4.90 Å². The molecule has 0 saturated heterocycles. The van der Waals surface area contributed by atoms with Crippen LogP contribution in [-0.4, -0.2) is 21.4 Å². The van der Waals surface area contributed by atoms with Gasteiger partial charge in [0.25, 0.3) is 15.9 Å². The molecule has 0 aliphatic heterocycles. The number of amides is 1. The van der Waals surface area contributed by atoms with Gasteiger partial charge in [0.2, 0.25) is 0 Å². The van der Waals surface area contributed by atoms with Crippen molar-refractivity contribution < 1.29 is 22.3 Å². The van der Waals surface area contributed by atoms with E-state index in [-0.39, 0.29) is 16.1 Å². The Hall–Kier alpha value is -3.39. The van der Waals surface area contributed by atoms with Crippen LogP contribution in [-0.2, 0) is 10.0 Å². The van der Waals surface area contributed by atoms with Crippen LogP contribution < -0.4 is 14.8 Å². The van der Waals surface area contributed by atoms with E-state index in [0.717, 1.165) is 0 Å². The van der Waals surface area contributed by atoms with Crippen molar-refractivity contribution in [2.24, 2.45) is 0 Å². The number of methoxy groups -OCH3 is 1. The molecule has 3 rings (SSSR count). The Morgan fingerprint density at radius 2 is 1.64 bits per heavy atom. The molecule has 8 heteroatoms. The number of rotatable bonds is 6. The maximum absolute atomic E-state index is 13.7. The molecule has 0 aliphatic rings. The molecule has 28 heavy (non-hydrogen) atoms. The van der Waals surface area contributed by atoms with Crippen molar-refractivity contribution in [2.75, 3.05) is 17.1 Å². The van der Waals surface area contributed by atoms with Gasteiger partial charge in [0.05, 0.1) is 17.6 Å². The summed E-state index contributed by atoms with van der Waals surface area (Å²) >= 11 is 0. The fraction of sp³-hybridized carbons (Fsp3) is 0.0500. The van der Waals surface area contributed by atoms with E-state index in [0.29, 0.717) is 11.4 Å². The van der Waals surface area contributed by atoms with Gasteiger partial charge < -0.3 is 10.1 Å². The highest BCUT2D eigenvalue weighted by Gasteiger charge is 2.16. The first-order valence-corrected chi connectivity index (χ1v) is 9.70. The summed E-state index contributed by atoms with van der Waals surface area (Å²) in [5, 5.41) is 2.50. The van der Waals surface area contributed by atoms with Crippen LogP contribution in [0.4, 0.5) is 15.8 Å². The first-order chi connectivity index (χ1) is 13.4. The van der Waals surface area contributed by atoms with Gasteiger partial charge in [0.15, 0.2) is 0 Å². The lowest BCUT2D eigenvalue weighted by atomic mass is 10.2. The molecule has 0 spiro atoms. The normalized spacial score (nSPS) is 10.9. The van der Waals surface area contributed by atoms with Crippen molar-refractivity contribution in [3.63, 3.8) is 0 Å². The van der Waals surface area contributed by atoms with Crippen LogP contribution in [0, 0.1) is 5.82 Å². The number of carbonyl (C=O) groups is 1. The lowest BCUT2D eigenvalue weighted by Crippen LogP contribution is -2.16. The molecule has 0 radical (unpaired) electrons. The zero-order valence-corrected chi connectivity index (χ0v) is 15.7. The monoisotopic (exact) mass is 400 g/mol. The predicted octanol–water partition coefficient (Wildman–Crippen LogP) is 3.89. The molecule has 0 unspecified atom stereocenters. The summed E-state index contributed by atoms with van der Waals surface area (Å²) in [5.74, 6) is -0.735. The standard InChI is InChI=1S/C20H17FN2O4S/c1-27-16-11-9-14(10-12-16)23-28(25,26)17-6-4-5-15(13-17)22-20(24)18-7-2-3-8-19(18)21/h2-13,23H,1H3,(H,22,24). The Kier molecular flexibility index (Phi) is 5.60. The summed E-state index contributed by atoms with van der Waals surface area (Å²) in [6, 6.07) is 17.6. The number of benzene rings is 3. The number of hydrogen-bond acceptors (Lipinski definition) is 4. The highest BCUT2D eigenvalue weighted by Crippen LogP contribution is 2.22. The first-order valence-electron chi connectivity index (χ1n) is 8.22. The molecule has 6 nitrogen and oxygen atoms in total. The second-order valence-corrected chi connectivity index (χ2v) is 7.48. The molecule has 0 atom stereocenters. The van der Waals surface area contributed by atoms with E-state index in [4.69, 9.17) is 4.74 Å². The Bertz CT molecular complexity index is 1100. The second-order valence-electron chi connectivity index (χ2n) is 5.80. The summed E-state index contributed by atoms with van der Waals surface area (Å²) in [6.07, 6.45) is 0. The average Bonchev–Trinajstić information content (AvgIpc) is 2.69. The van der Waals surface area contributed by atoms with E-state index in [1.807, 2.05) is 0 Å². The lowest BCUT2D eigenvalue weighted by molar-refractivity contribution is 0.102. The van der Waals surface area contributed by atoms with Gasteiger partial charge in [-0.15, -0.1) is 0 Å². The smallest absolute Gasteiger partial charge is 0.261 e. The molecular formula is C20H17FN2O4S. The topological polar surface area (TPSA) is 84.5 Å². The van der Waals surface area contributed by atoms with Crippen LogP contribution in [0.1, 0.15) is 10.4 Å². The van der Waals surface area contributed by atoms with Gasteiger partial charge in [0, 0.05) is 11.4 Å². The highest BCUT2D eigenvalue weighted by atomic mass is 32.2. The quantitative estimate of drug-likeness (QED) is 0.658. The molecule has 0 aliphatic carbocycles. The van der Waals surface area contributed by atoms with Crippen LogP contribution in [0.3, 0.4) is 0 Å². The Morgan fingerprint density at radius 1 is 0.929 bits per heavy atom. The van der Waals surface area contributed by atoms with Crippen molar-refractivity contribution in [1.82, 2.24) is 0 Å². The molecular weight excluding hydrogens is 383 g/mol. The van der Waals surface area contributed by atoms with Gasteiger partial charge in [-0.1, -0.05) is 18.2 Å². The molecule has 0 aromatic heterocycles. The molecule has 3 aromatic rings. The Morgan fingerprint density at radius 3 is 2.32 bits per heavy atom. The minimum Gasteiger partial charge on any atom is -0.497 e. The molecule has 1 amide bonds. The number of nitrogens with one attached hydrogen (secondary N) is 2. The van der Waals surface area contributed by atoms with Crippen molar-refractivity contribution in [1.29, 1.82) is 0 Å². The number of halogens is 1. The fourth-order valence-electron chi connectivity index (χ4n) is 2.46. The van der Waals surface area contributed by atoms with E-state index >= 15 is 0 Å². The van der Waals surface area contributed by atoms with Gasteiger partial charge >= 0.3 is 0 Å². The van der Waals surface area contributed by atoms with E-state index < -0.39 is 21.7 Å². The molecule has 0 heterocycles. The van der Waals surface area contributed by atoms with Crippen molar-refractivity contribution in [3.8, 4) is 5.75 Å². The largest absolute Gasteiger partial charge is 0.497 e. The van der Waals surface area contributed by atoms with Crippen molar-refractivity contribution >= 4 is 27.3 Å². The molecule has 0 bridgehead atoms. The maximum atomic E-state index is 13.7. The van der Waals surface area contributed by atoms with Crippen LogP contribution in [0.25, 0.3) is 0 Å². The van der Waals surface area contributed by atoms with E-state index in [2.05, 4.69) is 10.0 Å². The zero-order valence-electron chi connectivity index (χ0n) is 14.8.